The van der Waals surface area contributed by atoms with E-state index in [0.717, 1.165) is 21.9 Å². The maximum Gasteiger partial charge on any atom is 0.407 e. The second-order valence-electron chi connectivity index (χ2n) is 3.69. The number of amides is 1. The van der Waals surface area contributed by atoms with Crippen molar-refractivity contribution in [3.8, 4) is 0 Å². The van der Waals surface area contributed by atoms with Crippen molar-refractivity contribution in [3.05, 3.63) is 23.8 Å². The van der Waals surface area contributed by atoms with Crippen LogP contribution >= 0.6 is 11.8 Å². The highest BCUT2D eigenvalue weighted by Gasteiger charge is 2.22. The van der Waals surface area contributed by atoms with Crippen LogP contribution in [0.1, 0.15) is 5.56 Å². The summed E-state index contributed by atoms with van der Waals surface area (Å²) in [6, 6.07) is 5.85. The highest BCUT2D eigenvalue weighted by molar-refractivity contribution is 7.99. The van der Waals surface area contributed by atoms with Crippen molar-refractivity contribution in [2.45, 2.75) is 17.9 Å². The SMILES string of the molecule is Cc1c(N)cccc1SCC1CNC(=O)O1. The third-order valence-corrected chi connectivity index (χ3v) is 3.79. The van der Waals surface area contributed by atoms with Crippen LogP contribution in [0.2, 0.25) is 0 Å². The molecule has 86 valence electrons. The molecule has 1 unspecified atom stereocenters. The minimum atomic E-state index is -0.324. The predicted octanol–water partition coefficient (Wildman–Crippen LogP) is 1.78. The summed E-state index contributed by atoms with van der Waals surface area (Å²) in [6.07, 6.45) is -0.367. The Kier molecular flexibility index (Phi) is 3.24. The van der Waals surface area contributed by atoms with Crippen LogP contribution < -0.4 is 11.1 Å². The molecule has 2 rings (SSSR count). The summed E-state index contributed by atoms with van der Waals surface area (Å²) in [4.78, 5) is 12.0. The van der Waals surface area contributed by atoms with Gasteiger partial charge in [0.15, 0.2) is 0 Å². The molecule has 0 aliphatic carbocycles. The first-order valence-corrected chi connectivity index (χ1v) is 6.08. The molecule has 0 saturated carbocycles. The van der Waals surface area contributed by atoms with E-state index in [2.05, 4.69) is 5.32 Å². The van der Waals surface area contributed by atoms with Crippen LogP contribution in [-0.2, 0) is 4.74 Å². The van der Waals surface area contributed by atoms with Gasteiger partial charge in [-0.3, -0.25) is 0 Å². The summed E-state index contributed by atoms with van der Waals surface area (Å²) in [7, 11) is 0. The summed E-state index contributed by atoms with van der Waals surface area (Å²) in [6.45, 7) is 2.59. The van der Waals surface area contributed by atoms with E-state index in [1.54, 1.807) is 11.8 Å². The summed E-state index contributed by atoms with van der Waals surface area (Å²) < 4.78 is 5.05. The first-order chi connectivity index (χ1) is 7.66. The molecule has 16 heavy (non-hydrogen) atoms. The van der Waals surface area contributed by atoms with Crippen molar-refractivity contribution in [2.24, 2.45) is 0 Å². The van der Waals surface area contributed by atoms with Crippen LogP contribution in [0.5, 0.6) is 0 Å². The number of cyclic esters (lactones) is 1. The number of carbonyl (C=O) groups excluding carboxylic acids is 1. The zero-order valence-corrected chi connectivity index (χ0v) is 9.84. The number of alkyl carbamates (subject to hydrolysis) is 1. The first-order valence-electron chi connectivity index (χ1n) is 5.09. The van der Waals surface area contributed by atoms with Gasteiger partial charge in [0.05, 0.1) is 6.54 Å². The van der Waals surface area contributed by atoms with Crippen molar-refractivity contribution in [2.75, 3.05) is 18.0 Å². The zero-order chi connectivity index (χ0) is 11.5. The van der Waals surface area contributed by atoms with Crippen molar-refractivity contribution >= 4 is 23.5 Å². The van der Waals surface area contributed by atoms with Crippen LogP contribution in [0, 0.1) is 6.92 Å². The van der Waals surface area contributed by atoms with Gasteiger partial charge in [-0.25, -0.2) is 4.79 Å². The number of anilines is 1. The normalized spacial score (nSPS) is 19.3. The topological polar surface area (TPSA) is 64.3 Å². The Hall–Kier alpha value is -1.36. The molecule has 1 atom stereocenters. The number of hydrogen-bond acceptors (Lipinski definition) is 4. The maximum atomic E-state index is 10.8. The van der Waals surface area contributed by atoms with Crippen LogP contribution in [0.25, 0.3) is 0 Å². The molecule has 5 heteroatoms. The van der Waals surface area contributed by atoms with Crippen molar-refractivity contribution in [1.29, 1.82) is 0 Å². The van der Waals surface area contributed by atoms with E-state index in [9.17, 15) is 4.79 Å². The molecule has 1 aliphatic rings. The van der Waals surface area contributed by atoms with Crippen molar-refractivity contribution in [1.82, 2.24) is 5.32 Å². The van der Waals surface area contributed by atoms with Gasteiger partial charge in [0.2, 0.25) is 0 Å². The third-order valence-electron chi connectivity index (χ3n) is 2.50. The van der Waals surface area contributed by atoms with Crippen molar-refractivity contribution in [3.63, 3.8) is 0 Å². The molecule has 0 bridgehead atoms. The fourth-order valence-electron chi connectivity index (χ4n) is 1.50. The first kappa shape index (κ1) is 11.1. The van der Waals surface area contributed by atoms with Gasteiger partial charge in [-0.15, -0.1) is 11.8 Å². The van der Waals surface area contributed by atoms with Crippen LogP contribution in [0.15, 0.2) is 23.1 Å². The quantitative estimate of drug-likeness (QED) is 0.622. The van der Waals surface area contributed by atoms with E-state index in [1.165, 1.54) is 0 Å². The molecule has 1 saturated heterocycles. The Balaban J connectivity index is 1.94. The Bertz CT molecular complexity index is 409. The second-order valence-corrected chi connectivity index (χ2v) is 4.75. The van der Waals surface area contributed by atoms with E-state index in [-0.39, 0.29) is 12.2 Å². The molecule has 0 spiro atoms. The van der Waals surface area contributed by atoms with Gasteiger partial charge in [0, 0.05) is 16.3 Å². The molecule has 0 aromatic heterocycles. The van der Waals surface area contributed by atoms with E-state index in [0.29, 0.717) is 6.54 Å². The summed E-state index contributed by atoms with van der Waals surface area (Å²) in [5, 5.41) is 2.63. The molecule has 1 heterocycles. The minimum absolute atomic E-state index is 0.0432. The third kappa shape index (κ3) is 2.41. The number of nitrogens with two attached hydrogens (primary N) is 1. The average molecular weight is 238 g/mol. The number of benzene rings is 1. The van der Waals surface area contributed by atoms with Crippen LogP contribution in [-0.4, -0.2) is 24.5 Å². The lowest BCUT2D eigenvalue weighted by molar-refractivity contribution is 0.150. The number of rotatable bonds is 3. The Labute approximate surface area is 98.5 Å². The fourth-order valence-corrected chi connectivity index (χ4v) is 2.56. The van der Waals surface area contributed by atoms with Gasteiger partial charge in [-0.05, 0) is 24.6 Å². The molecule has 1 aliphatic heterocycles. The van der Waals surface area contributed by atoms with Gasteiger partial charge < -0.3 is 15.8 Å². The predicted molar refractivity (Wildman–Crippen MR) is 64.6 cm³/mol. The number of carbonyl (C=O) groups is 1. The number of nitrogens with one attached hydrogen (secondary N) is 1. The molecular weight excluding hydrogens is 224 g/mol. The van der Waals surface area contributed by atoms with E-state index >= 15 is 0 Å². The zero-order valence-electron chi connectivity index (χ0n) is 9.03. The Morgan fingerprint density at radius 1 is 1.62 bits per heavy atom. The summed E-state index contributed by atoms with van der Waals surface area (Å²) in [5.74, 6) is 0.753. The number of nitrogen functional groups attached to an aromatic ring is 1. The van der Waals surface area contributed by atoms with E-state index in [1.807, 2.05) is 25.1 Å². The van der Waals surface area contributed by atoms with Crippen molar-refractivity contribution < 1.29 is 9.53 Å². The van der Waals surface area contributed by atoms with Crippen LogP contribution in [0.4, 0.5) is 10.5 Å². The molecule has 1 aromatic rings. The van der Waals surface area contributed by atoms with Gasteiger partial charge in [-0.2, -0.15) is 0 Å². The van der Waals surface area contributed by atoms with Gasteiger partial charge in [0.25, 0.3) is 0 Å². The van der Waals surface area contributed by atoms with E-state index < -0.39 is 0 Å². The second kappa shape index (κ2) is 4.65. The smallest absolute Gasteiger partial charge is 0.407 e. The molecule has 1 aromatic carbocycles. The summed E-state index contributed by atoms with van der Waals surface area (Å²) in [5.41, 5.74) is 7.70. The van der Waals surface area contributed by atoms with Gasteiger partial charge >= 0.3 is 6.09 Å². The molecule has 1 fully saturated rings. The standard InChI is InChI=1S/C11H14N2O2S/c1-7-9(12)3-2-4-10(7)16-6-8-5-13-11(14)15-8/h2-4,8H,5-6,12H2,1H3,(H,13,14). The largest absolute Gasteiger partial charge is 0.443 e. The molecule has 0 radical (unpaired) electrons. The van der Waals surface area contributed by atoms with Gasteiger partial charge in [-0.1, -0.05) is 6.07 Å². The Morgan fingerprint density at radius 3 is 3.12 bits per heavy atom. The number of hydrogen-bond donors (Lipinski definition) is 2. The lowest BCUT2D eigenvalue weighted by Gasteiger charge is -2.10. The monoisotopic (exact) mass is 238 g/mol. The van der Waals surface area contributed by atoms with Gasteiger partial charge in [0.1, 0.15) is 6.10 Å². The lowest BCUT2D eigenvalue weighted by atomic mass is 10.2. The van der Waals surface area contributed by atoms with E-state index in [4.69, 9.17) is 10.5 Å². The fraction of sp³-hybridized carbons (Fsp3) is 0.364. The Morgan fingerprint density at radius 2 is 2.44 bits per heavy atom. The minimum Gasteiger partial charge on any atom is -0.443 e. The lowest BCUT2D eigenvalue weighted by Crippen LogP contribution is -2.16. The molecular formula is C11H14N2O2S. The molecule has 1 amide bonds. The summed E-state index contributed by atoms with van der Waals surface area (Å²) >= 11 is 1.66. The molecule has 3 N–H and O–H groups in total. The molecule has 4 nitrogen and oxygen atoms in total. The van der Waals surface area contributed by atoms with Crippen LogP contribution in [0.3, 0.4) is 0 Å². The number of thioether (sulfide) groups is 1. The maximum absolute atomic E-state index is 10.8. The average Bonchev–Trinajstić information content (AvgIpc) is 2.67. The highest BCUT2D eigenvalue weighted by Crippen LogP contribution is 2.27. The number of ether oxygens (including phenoxy) is 1. The highest BCUT2D eigenvalue weighted by atomic mass is 32.2.